The lowest BCUT2D eigenvalue weighted by Crippen LogP contribution is -2.14. The molecule has 0 saturated heterocycles. The molecule has 0 atom stereocenters. The molecular formula is C16H14FN3O4S. The number of fused-ring (bicyclic) bond motifs is 1. The Morgan fingerprint density at radius 3 is 2.80 bits per heavy atom. The first-order chi connectivity index (χ1) is 11.9. The average Bonchev–Trinajstić information content (AvgIpc) is 2.98. The van der Waals surface area contributed by atoms with E-state index >= 15 is 0 Å². The van der Waals surface area contributed by atoms with Gasteiger partial charge in [-0.3, -0.25) is 4.72 Å². The normalized spacial score (nSPS) is 11.4. The Kier molecular flexibility index (Phi) is 4.41. The number of nitrogens with one attached hydrogen (secondary N) is 1. The van der Waals surface area contributed by atoms with Crippen LogP contribution in [0.3, 0.4) is 0 Å². The van der Waals surface area contributed by atoms with Gasteiger partial charge >= 0.3 is 5.97 Å². The van der Waals surface area contributed by atoms with Crippen LogP contribution in [0.5, 0.6) is 0 Å². The average molecular weight is 363 g/mol. The molecule has 7 nitrogen and oxygen atoms in total. The van der Waals surface area contributed by atoms with Crippen molar-refractivity contribution in [3.05, 3.63) is 60.2 Å². The molecule has 0 fully saturated rings. The SMILES string of the molecule is CCOC(=O)c1cnn2ccc(NS(=O)(=O)c3ccccc3F)cc12. The van der Waals surface area contributed by atoms with Crippen molar-refractivity contribution >= 4 is 27.2 Å². The van der Waals surface area contributed by atoms with Crippen LogP contribution < -0.4 is 4.72 Å². The van der Waals surface area contributed by atoms with Crippen molar-refractivity contribution in [3.8, 4) is 0 Å². The van der Waals surface area contributed by atoms with Crippen LogP contribution in [-0.4, -0.2) is 30.6 Å². The molecule has 2 aromatic heterocycles. The van der Waals surface area contributed by atoms with E-state index < -0.39 is 26.7 Å². The van der Waals surface area contributed by atoms with Crippen LogP contribution in [0.4, 0.5) is 10.1 Å². The minimum atomic E-state index is -4.11. The van der Waals surface area contributed by atoms with Crippen LogP contribution in [-0.2, 0) is 14.8 Å². The molecule has 3 aromatic rings. The van der Waals surface area contributed by atoms with E-state index in [-0.39, 0.29) is 17.9 Å². The molecule has 130 valence electrons. The lowest BCUT2D eigenvalue weighted by Gasteiger charge is -2.09. The number of nitrogens with zero attached hydrogens (tertiary/aromatic N) is 2. The van der Waals surface area contributed by atoms with Gasteiger partial charge in [0.25, 0.3) is 10.0 Å². The van der Waals surface area contributed by atoms with E-state index in [9.17, 15) is 17.6 Å². The Hall–Kier alpha value is -2.94. The highest BCUT2D eigenvalue weighted by molar-refractivity contribution is 7.92. The number of aromatic nitrogens is 2. The van der Waals surface area contributed by atoms with Crippen molar-refractivity contribution in [3.63, 3.8) is 0 Å². The predicted octanol–water partition coefficient (Wildman–Crippen LogP) is 2.45. The summed E-state index contributed by atoms with van der Waals surface area (Å²) in [5.74, 6) is -1.42. The molecule has 9 heteroatoms. The Morgan fingerprint density at radius 2 is 2.08 bits per heavy atom. The van der Waals surface area contributed by atoms with E-state index in [4.69, 9.17) is 4.74 Å². The summed E-state index contributed by atoms with van der Waals surface area (Å²) in [6, 6.07) is 7.94. The van der Waals surface area contributed by atoms with Gasteiger partial charge < -0.3 is 4.74 Å². The first-order valence-electron chi connectivity index (χ1n) is 7.34. The summed E-state index contributed by atoms with van der Waals surface area (Å²) in [5.41, 5.74) is 0.739. The van der Waals surface area contributed by atoms with Gasteiger partial charge in [0.1, 0.15) is 16.3 Å². The van der Waals surface area contributed by atoms with Crippen LogP contribution in [0.2, 0.25) is 0 Å². The minimum absolute atomic E-state index is 0.168. The number of pyridine rings is 1. The molecule has 1 N–H and O–H groups in total. The number of sulfonamides is 1. The number of carbonyl (C=O) groups is 1. The summed E-state index contributed by atoms with van der Waals surface area (Å²) in [6.07, 6.45) is 2.82. The van der Waals surface area contributed by atoms with E-state index in [1.54, 1.807) is 6.92 Å². The lowest BCUT2D eigenvalue weighted by atomic mass is 10.2. The van der Waals surface area contributed by atoms with Crippen LogP contribution in [0, 0.1) is 5.82 Å². The molecule has 0 saturated carbocycles. The van der Waals surface area contributed by atoms with Crippen molar-refractivity contribution in [2.75, 3.05) is 11.3 Å². The maximum atomic E-state index is 13.8. The number of ether oxygens (including phenoxy) is 1. The van der Waals surface area contributed by atoms with Crippen molar-refractivity contribution in [1.29, 1.82) is 0 Å². The molecule has 0 amide bonds. The first kappa shape index (κ1) is 16.9. The van der Waals surface area contributed by atoms with Gasteiger partial charge in [-0.15, -0.1) is 0 Å². The Morgan fingerprint density at radius 1 is 1.32 bits per heavy atom. The van der Waals surface area contributed by atoms with Crippen molar-refractivity contribution in [1.82, 2.24) is 9.61 Å². The molecule has 0 unspecified atom stereocenters. The zero-order valence-electron chi connectivity index (χ0n) is 13.1. The summed E-state index contributed by atoms with van der Waals surface area (Å²) in [6.45, 7) is 1.88. The number of halogens is 1. The summed E-state index contributed by atoms with van der Waals surface area (Å²) >= 11 is 0. The van der Waals surface area contributed by atoms with Crippen LogP contribution in [0.15, 0.2) is 53.7 Å². The van der Waals surface area contributed by atoms with Gasteiger partial charge in [0, 0.05) is 6.20 Å². The summed E-state index contributed by atoms with van der Waals surface area (Å²) in [5, 5.41) is 4.01. The van der Waals surface area contributed by atoms with Gasteiger partial charge in [0.05, 0.1) is 24.0 Å². The molecule has 2 heterocycles. The van der Waals surface area contributed by atoms with Gasteiger partial charge in [-0.2, -0.15) is 5.10 Å². The second kappa shape index (κ2) is 6.52. The van der Waals surface area contributed by atoms with Crippen LogP contribution >= 0.6 is 0 Å². The minimum Gasteiger partial charge on any atom is -0.462 e. The van der Waals surface area contributed by atoms with Crippen molar-refractivity contribution in [2.24, 2.45) is 0 Å². The Labute approximate surface area is 143 Å². The molecular weight excluding hydrogens is 349 g/mol. The van der Waals surface area contributed by atoms with Crippen LogP contribution in [0.25, 0.3) is 5.52 Å². The molecule has 3 rings (SSSR count). The maximum Gasteiger partial charge on any atom is 0.341 e. The number of esters is 1. The number of rotatable bonds is 5. The smallest absolute Gasteiger partial charge is 0.341 e. The summed E-state index contributed by atoms with van der Waals surface area (Å²) in [4.78, 5) is 11.5. The number of benzene rings is 1. The van der Waals surface area contributed by atoms with E-state index in [0.717, 1.165) is 6.07 Å². The highest BCUT2D eigenvalue weighted by Gasteiger charge is 2.20. The summed E-state index contributed by atoms with van der Waals surface area (Å²) < 4.78 is 47.1. The second-order valence-corrected chi connectivity index (χ2v) is 6.71. The van der Waals surface area contributed by atoms with Crippen LogP contribution in [0.1, 0.15) is 17.3 Å². The molecule has 0 aliphatic carbocycles. The van der Waals surface area contributed by atoms with Gasteiger partial charge in [0.2, 0.25) is 0 Å². The largest absolute Gasteiger partial charge is 0.462 e. The number of hydrogen-bond donors (Lipinski definition) is 1. The number of hydrogen-bond acceptors (Lipinski definition) is 5. The van der Waals surface area contributed by atoms with Gasteiger partial charge in [-0.05, 0) is 31.2 Å². The van der Waals surface area contributed by atoms with Gasteiger partial charge in [-0.25, -0.2) is 22.1 Å². The fraction of sp³-hybridized carbons (Fsp3) is 0.125. The molecule has 0 bridgehead atoms. The summed E-state index contributed by atoms with van der Waals surface area (Å²) in [7, 11) is -4.11. The van der Waals surface area contributed by atoms with E-state index in [2.05, 4.69) is 9.82 Å². The van der Waals surface area contributed by atoms with E-state index in [1.165, 1.54) is 47.2 Å². The van der Waals surface area contributed by atoms with Crippen molar-refractivity contribution in [2.45, 2.75) is 11.8 Å². The maximum absolute atomic E-state index is 13.8. The standard InChI is InChI=1S/C16H14FN3O4S/c1-2-24-16(21)12-10-18-20-8-7-11(9-14(12)20)19-25(22,23)15-6-4-3-5-13(15)17/h3-10,19H,2H2,1H3. The number of carbonyl (C=O) groups excluding carboxylic acids is 1. The Bertz CT molecular complexity index is 1050. The number of anilines is 1. The monoisotopic (exact) mass is 363 g/mol. The molecule has 0 radical (unpaired) electrons. The third-order valence-corrected chi connectivity index (χ3v) is 4.81. The fourth-order valence-electron chi connectivity index (χ4n) is 2.28. The van der Waals surface area contributed by atoms with Gasteiger partial charge in [0.15, 0.2) is 0 Å². The Balaban J connectivity index is 1.98. The van der Waals surface area contributed by atoms with Crippen molar-refractivity contribution < 1.29 is 22.3 Å². The fourth-order valence-corrected chi connectivity index (χ4v) is 3.41. The highest BCUT2D eigenvalue weighted by atomic mass is 32.2. The third kappa shape index (κ3) is 3.31. The molecule has 0 spiro atoms. The predicted molar refractivity (Wildman–Crippen MR) is 88.4 cm³/mol. The van der Waals surface area contributed by atoms with E-state index in [1.807, 2.05) is 0 Å². The van der Waals surface area contributed by atoms with E-state index in [0.29, 0.717) is 5.52 Å². The van der Waals surface area contributed by atoms with Gasteiger partial charge in [-0.1, -0.05) is 12.1 Å². The molecule has 0 aliphatic heterocycles. The quantitative estimate of drug-likeness (QED) is 0.703. The first-order valence-corrected chi connectivity index (χ1v) is 8.82. The zero-order valence-corrected chi connectivity index (χ0v) is 14.0. The lowest BCUT2D eigenvalue weighted by molar-refractivity contribution is 0.0528. The zero-order chi connectivity index (χ0) is 18.0. The molecule has 0 aliphatic rings. The third-order valence-electron chi connectivity index (χ3n) is 3.40. The molecule has 25 heavy (non-hydrogen) atoms. The second-order valence-electron chi connectivity index (χ2n) is 5.06. The molecule has 1 aromatic carbocycles. The highest BCUT2D eigenvalue weighted by Crippen LogP contribution is 2.21. The topological polar surface area (TPSA) is 89.8 Å².